The number of hydrogen-bond acceptors (Lipinski definition) is 4. The van der Waals surface area contributed by atoms with E-state index in [4.69, 9.17) is 10.5 Å². The Morgan fingerprint density at radius 3 is 2.55 bits per heavy atom. The van der Waals surface area contributed by atoms with E-state index in [9.17, 15) is 9.59 Å². The lowest BCUT2D eigenvalue weighted by molar-refractivity contribution is -0.118. The van der Waals surface area contributed by atoms with Crippen LogP contribution in [0, 0.1) is 6.92 Å². The summed E-state index contributed by atoms with van der Waals surface area (Å²) in [6.07, 6.45) is 0. The van der Waals surface area contributed by atoms with Crippen molar-refractivity contribution in [2.24, 2.45) is 0 Å². The molecule has 3 N–H and O–H groups in total. The number of nitrogen functional groups attached to an aromatic ring is 1. The molecule has 2 rings (SSSR count). The third-order valence-electron chi connectivity index (χ3n) is 3.19. The van der Waals surface area contributed by atoms with Gasteiger partial charge in [0.15, 0.2) is 12.4 Å². The third kappa shape index (κ3) is 3.85. The van der Waals surface area contributed by atoms with Gasteiger partial charge < -0.3 is 15.8 Å². The number of benzene rings is 2. The molecule has 5 heteroatoms. The van der Waals surface area contributed by atoms with Crippen molar-refractivity contribution in [3.8, 4) is 5.75 Å². The highest BCUT2D eigenvalue weighted by Gasteiger charge is 2.09. The minimum Gasteiger partial charge on any atom is -0.482 e. The summed E-state index contributed by atoms with van der Waals surface area (Å²) in [5.74, 6) is 0.0322. The van der Waals surface area contributed by atoms with Gasteiger partial charge in [0.25, 0.3) is 5.91 Å². The van der Waals surface area contributed by atoms with Gasteiger partial charge in [0.2, 0.25) is 0 Å². The van der Waals surface area contributed by atoms with E-state index in [0.717, 1.165) is 11.3 Å². The maximum absolute atomic E-state index is 11.9. The predicted molar refractivity (Wildman–Crippen MR) is 86.2 cm³/mol. The molecule has 0 aliphatic heterocycles. The SMILES string of the molecule is CC(=O)c1ccc(OCC(=O)Nc2ccccc2C)c(N)c1. The van der Waals surface area contributed by atoms with Gasteiger partial charge >= 0.3 is 0 Å². The first-order valence-corrected chi connectivity index (χ1v) is 6.86. The number of nitrogens with two attached hydrogens (primary N) is 1. The first kappa shape index (κ1) is 15.6. The standard InChI is InChI=1S/C17H18N2O3/c1-11-5-3-4-6-15(11)19-17(21)10-22-16-8-7-13(12(2)20)9-14(16)18/h3-9H,10,18H2,1-2H3,(H,19,21). The van der Waals surface area contributed by atoms with Crippen LogP contribution >= 0.6 is 0 Å². The summed E-state index contributed by atoms with van der Waals surface area (Å²) < 4.78 is 5.40. The fourth-order valence-corrected chi connectivity index (χ4v) is 1.94. The van der Waals surface area contributed by atoms with Gasteiger partial charge in [-0.2, -0.15) is 0 Å². The van der Waals surface area contributed by atoms with Crippen molar-refractivity contribution < 1.29 is 14.3 Å². The van der Waals surface area contributed by atoms with E-state index < -0.39 is 0 Å². The van der Waals surface area contributed by atoms with Gasteiger partial charge in [-0.1, -0.05) is 18.2 Å². The lowest BCUT2D eigenvalue weighted by Gasteiger charge is -2.11. The molecular formula is C17H18N2O3. The molecule has 114 valence electrons. The Balaban J connectivity index is 1.97. The fourth-order valence-electron chi connectivity index (χ4n) is 1.94. The highest BCUT2D eigenvalue weighted by atomic mass is 16.5. The lowest BCUT2D eigenvalue weighted by Crippen LogP contribution is -2.21. The van der Waals surface area contributed by atoms with E-state index in [1.165, 1.54) is 13.0 Å². The normalized spacial score (nSPS) is 10.1. The molecule has 0 atom stereocenters. The number of nitrogens with one attached hydrogen (secondary N) is 1. The van der Waals surface area contributed by atoms with E-state index in [1.807, 2.05) is 31.2 Å². The van der Waals surface area contributed by atoms with Gasteiger partial charge in [0.05, 0.1) is 5.69 Å². The number of carbonyl (C=O) groups excluding carboxylic acids is 2. The fraction of sp³-hybridized carbons (Fsp3) is 0.176. The predicted octanol–water partition coefficient (Wildman–Crippen LogP) is 2.80. The molecule has 22 heavy (non-hydrogen) atoms. The average molecular weight is 298 g/mol. The largest absolute Gasteiger partial charge is 0.482 e. The number of aryl methyl sites for hydroxylation is 1. The van der Waals surface area contributed by atoms with E-state index in [0.29, 0.717) is 17.0 Å². The number of ketones is 1. The molecule has 0 radical (unpaired) electrons. The van der Waals surface area contributed by atoms with Gasteiger partial charge in [0, 0.05) is 11.3 Å². The van der Waals surface area contributed by atoms with Crippen molar-refractivity contribution in [2.45, 2.75) is 13.8 Å². The Labute approximate surface area is 129 Å². The van der Waals surface area contributed by atoms with Crippen LogP contribution < -0.4 is 15.8 Å². The van der Waals surface area contributed by atoms with Crippen LogP contribution in [0.3, 0.4) is 0 Å². The minimum absolute atomic E-state index is 0.0736. The molecule has 0 fully saturated rings. The second kappa shape index (κ2) is 6.76. The number of para-hydroxylation sites is 1. The highest BCUT2D eigenvalue weighted by molar-refractivity contribution is 5.95. The summed E-state index contributed by atoms with van der Waals surface area (Å²) in [5, 5.41) is 2.77. The van der Waals surface area contributed by atoms with Gasteiger partial charge in [-0.3, -0.25) is 9.59 Å². The Morgan fingerprint density at radius 2 is 1.91 bits per heavy atom. The smallest absolute Gasteiger partial charge is 0.262 e. The Kier molecular flexibility index (Phi) is 4.78. The van der Waals surface area contributed by atoms with Crippen molar-refractivity contribution in [2.75, 3.05) is 17.7 Å². The second-order valence-electron chi connectivity index (χ2n) is 4.96. The molecule has 0 spiro atoms. The van der Waals surface area contributed by atoms with Crippen LogP contribution in [0.15, 0.2) is 42.5 Å². The van der Waals surface area contributed by atoms with Crippen molar-refractivity contribution >= 4 is 23.1 Å². The van der Waals surface area contributed by atoms with Crippen LogP contribution in [-0.4, -0.2) is 18.3 Å². The van der Waals surface area contributed by atoms with Gasteiger partial charge in [-0.15, -0.1) is 0 Å². The maximum Gasteiger partial charge on any atom is 0.262 e. The molecule has 0 aromatic heterocycles. The van der Waals surface area contributed by atoms with Crippen LogP contribution in [-0.2, 0) is 4.79 Å². The van der Waals surface area contributed by atoms with Crippen LogP contribution in [0.5, 0.6) is 5.75 Å². The van der Waals surface area contributed by atoms with Crippen molar-refractivity contribution in [3.63, 3.8) is 0 Å². The quantitative estimate of drug-likeness (QED) is 0.657. The molecule has 0 heterocycles. The zero-order chi connectivity index (χ0) is 16.1. The number of carbonyl (C=O) groups is 2. The molecule has 5 nitrogen and oxygen atoms in total. The van der Waals surface area contributed by atoms with Crippen LogP contribution in [0.2, 0.25) is 0 Å². The van der Waals surface area contributed by atoms with Crippen LogP contribution in [0.25, 0.3) is 0 Å². The summed E-state index contributed by atoms with van der Waals surface area (Å²) >= 11 is 0. The number of rotatable bonds is 5. The summed E-state index contributed by atoms with van der Waals surface area (Å²) in [4.78, 5) is 23.1. The average Bonchev–Trinajstić information content (AvgIpc) is 2.48. The zero-order valence-corrected chi connectivity index (χ0v) is 12.6. The third-order valence-corrected chi connectivity index (χ3v) is 3.19. The number of amides is 1. The molecular weight excluding hydrogens is 280 g/mol. The monoisotopic (exact) mass is 298 g/mol. The van der Waals surface area contributed by atoms with Crippen molar-refractivity contribution in [1.82, 2.24) is 0 Å². The van der Waals surface area contributed by atoms with Crippen LogP contribution in [0.1, 0.15) is 22.8 Å². The molecule has 2 aromatic rings. The van der Waals surface area contributed by atoms with Gasteiger partial charge in [-0.05, 0) is 43.7 Å². The number of ether oxygens (including phenoxy) is 1. The van der Waals surface area contributed by atoms with Crippen molar-refractivity contribution in [1.29, 1.82) is 0 Å². The molecule has 0 unspecified atom stereocenters. The molecule has 0 saturated heterocycles. The van der Waals surface area contributed by atoms with Gasteiger partial charge in [0.1, 0.15) is 5.75 Å². The van der Waals surface area contributed by atoms with E-state index in [1.54, 1.807) is 12.1 Å². The molecule has 1 amide bonds. The second-order valence-corrected chi connectivity index (χ2v) is 4.96. The topological polar surface area (TPSA) is 81.4 Å². The first-order valence-electron chi connectivity index (χ1n) is 6.86. The summed E-state index contributed by atoms with van der Waals surface area (Å²) in [7, 11) is 0. The lowest BCUT2D eigenvalue weighted by atomic mass is 10.1. The van der Waals surface area contributed by atoms with Crippen molar-refractivity contribution in [3.05, 3.63) is 53.6 Å². The Hall–Kier alpha value is -2.82. The van der Waals surface area contributed by atoms with E-state index >= 15 is 0 Å². The summed E-state index contributed by atoms with van der Waals surface area (Å²) in [5.41, 5.74) is 8.37. The first-order chi connectivity index (χ1) is 10.5. The summed E-state index contributed by atoms with van der Waals surface area (Å²) in [6.45, 7) is 3.22. The molecule has 0 aliphatic rings. The zero-order valence-electron chi connectivity index (χ0n) is 12.6. The summed E-state index contributed by atoms with van der Waals surface area (Å²) in [6, 6.07) is 12.2. The van der Waals surface area contributed by atoms with Gasteiger partial charge in [-0.25, -0.2) is 0 Å². The Bertz CT molecular complexity index is 711. The highest BCUT2D eigenvalue weighted by Crippen LogP contribution is 2.23. The number of anilines is 2. The molecule has 0 aliphatic carbocycles. The maximum atomic E-state index is 11.9. The van der Waals surface area contributed by atoms with Crippen LogP contribution in [0.4, 0.5) is 11.4 Å². The van der Waals surface area contributed by atoms with E-state index in [2.05, 4.69) is 5.32 Å². The Morgan fingerprint density at radius 1 is 1.18 bits per heavy atom. The molecule has 2 aromatic carbocycles. The number of Topliss-reactive ketones (excluding diaryl/α,β-unsaturated/α-hetero) is 1. The molecule has 0 bridgehead atoms. The van der Waals surface area contributed by atoms with E-state index in [-0.39, 0.29) is 18.3 Å². The number of hydrogen-bond donors (Lipinski definition) is 2. The minimum atomic E-state index is -0.274. The molecule has 0 saturated carbocycles.